The Balaban J connectivity index is 1.42. The predicted octanol–water partition coefficient (Wildman–Crippen LogP) is 1.90. The second-order valence-electron chi connectivity index (χ2n) is 6.47. The molecular weight excluding hydrogens is 290 g/mol. The summed E-state index contributed by atoms with van der Waals surface area (Å²) in [5.41, 5.74) is 2.79. The molecule has 2 aliphatic rings. The number of nitrogens with zero attached hydrogens (tertiary/aromatic N) is 2. The van der Waals surface area contributed by atoms with Crippen molar-refractivity contribution in [3.05, 3.63) is 29.3 Å². The lowest BCUT2D eigenvalue weighted by Crippen LogP contribution is -2.51. The fourth-order valence-electron chi connectivity index (χ4n) is 3.32. The van der Waals surface area contributed by atoms with Crippen LogP contribution in [0.1, 0.15) is 24.0 Å². The van der Waals surface area contributed by atoms with Crippen LogP contribution in [-0.2, 0) is 12.8 Å². The normalized spacial score (nSPS) is 18.4. The number of carbonyl (C=O) groups is 1. The Labute approximate surface area is 138 Å². The van der Waals surface area contributed by atoms with Gasteiger partial charge >= 0.3 is 6.03 Å². The van der Waals surface area contributed by atoms with E-state index in [1.165, 1.54) is 24.0 Å². The van der Waals surface area contributed by atoms with Gasteiger partial charge in [-0.05, 0) is 49.9 Å². The summed E-state index contributed by atoms with van der Waals surface area (Å²) in [4.78, 5) is 16.2. The van der Waals surface area contributed by atoms with Crippen LogP contribution in [0.25, 0.3) is 0 Å². The number of urea groups is 1. The van der Waals surface area contributed by atoms with Gasteiger partial charge in [0.05, 0.1) is 6.54 Å². The average molecular weight is 317 g/mol. The zero-order valence-corrected chi connectivity index (χ0v) is 14.0. The van der Waals surface area contributed by atoms with E-state index in [0.717, 1.165) is 44.8 Å². The maximum atomic E-state index is 12.1. The standard InChI is InChI=1S/C18H27N3O2/c1-20-10-12-21(13-11-20)18(22)19-9-14-23-17-8-4-6-15-5-2-3-7-16(15)17/h4,6,8H,2-3,5,7,9-14H2,1H3,(H,19,22). The molecule has 2 amide bonds. The molecule has 1 heterocycles. The number of likely N-dealkylation sites (N-methyl/N-ethyl adjacent to an activating group) is 1. The Bertz CT molecular complexity index is 539. The second kappa shape index (κ2) is 7.68. The van der Waals surface area contributed by atoms with E-state index in [4.69, 9.17) is 4.74 Å². The van der Waals surface area contributed by atoms with E-state index >= 15 is 0 Å². The third kappa shape index (κ3) is 4.16. The Morgan fingerprint density at radius 1 is 1.17 bits per heavy atom. The van der Waals surface area contributed by atoms with E-state index in [1.807, 2.05) is 11.0 Å². The average Bonchev–Trinajstić information content (AvgIpc) is 2.59. The van der Waals surface area contributed by atoms with E-state index < -0.39 is 0 Å². The largest absolute Gasteiger partial charge is 0.491 e. The van der Waals surface area contributed by atoms with Gasteiger partial charge in [-0.1, -0.05) is 12.1 Å². The second-order valence-corrected chi connectivity index (χ2v) is 6.47. The number of amides is 2. The summed E-state index contributed by atoms with van der Waals surface area (Å²) in [6.07, 6.45) is 4.79. The summed E-state index contributed by atoms with van der Waals surface area (Å²) >= 11 is 0. The molecule has 0 bridgehead atoms. The van der Waals surface area contributed by atoms with Gasteiger partial charge in [-0.15, -0.1) is 0 Å². The highest BCUT2D eigenvalue weighted by Crippen LogP contribution is 2.29. The molecule has 1 aromatic rings. The number of carbonyl (C=O) groups excluding carboxylic acids is 1. The van der Waals surface area contributed by atoms with Gasteiger partial charge < -0.3 is 19.9 Å². The fraction of sp³-hybridized carbons (Fsp3) is 0.611. The Kier molecular flexibility index (Phi) is 5.39. The summed E-state index contributed by atoms with van der Waals surface area (Å²) < 4.78 is 5.92. The highest BCUT2D eigenvalue weighted by molar-refractivity contribution is 5.74. The molecule has 5 nitrogen and oxygen atoms in total. The number of rotatable bonds is 4. The Morgan fingerprint density at radius 2 is 1.96 bits per heavy atom. The van der Waals surface area contributed by atoms with Crippen LogP contribution < -0.4 is 10.1 Å². The van der Waals surface area contributed by atoms with Gasteiger partial charge in [-0.25, -0.2) is 4.79 Å². The van der Waals surface area contributed by atoms with Crippen molar-refractivity contribution >= 4 is 6.03 Å². The number of hydrogen-bond donors (Lipinski definition) is 1. The van der Waals surface area contributed by atoms with Crippen LogP contribution in [0, 0.1) is 0 Å². The van der Waals surface area contributed by atoms with Crippen LogP contribution in [0.4, 0.5) is 4.79 Å². The molecule has 1 N–H and O–H groups in total. The van der Waals surface area contributed by atoms with Crippen molar-refractivity contribution in [3.63, 3.8) is 0 Å². The lowest BCUT2D eigenvalue weighted by atomic mass is 9.91. The topological polar surface area (TPSA) is 44.8 Å². The van der Waals surface area contributed by atoms with Crippen LogP contribution in [0.3, 0.4) is 0 Å². The monoisotopic (exact) mass is 317 g/mol. The van der Waals surface area contributed by atoms with Gasteiger partial charge in [0.25, 0.3) is 0 Å². The lowest BCUT2D eigenvalue weighted by Gasteiger charge is -2.32. The summed E-state index contributed by atoms with van der Waals surface area (Å²) in [6, 6.07) is 6.35. The van der Waals surface area contributed by atoms with E-state index in [0.29, 0.717) is 13.2 Å². The molecule has 23 heavy (non-hydrogen) atoms. The third-order valence-electron chi connectivity index (χ3n) is 4.78. The molecule has 5 heteroatoms. The lowest BCUT2D eigenvalue weighted by molar-refractivity contribution is 0.153. The van der Waals surface area contributed by atoms with Crippen molar-refractivity contribution in [3.8, 4) is 5.75 Å². The highest BCUT2D eigenvalue weighted by Gasteiger charge is 2.18. The van der Waals surface area contributed by atoms with Gasteiger partial charge in [-0.3, -0.25) is 0 Å². The molecule has 0 spiro atoms. The van der Waals surface area contributed by atoms with Crippen LogP contribution >= 0.6 is 0 Å². The summed E-state index contributed by atoms with van der Waals surface area (Å²) in [5.74, 6) is 0.996. The highest BCUT2D eigenvalue weighted by atomic mass is 16.5. The summed E-state index contributed by atoms with van der Waals surface area (Å²) in [6.45, 7) is 4.57. The minimum absolute atomic E-state index is 0.0248. The SMILES string of the molecule is CN1CCN(C(=O)NCCOc2cccc3c2CCCC3)CC1. The number of benzene rings is 1. The van der Waals surface area contributed by atoms with Crippen LogP contribution in [0.2, 0.25) is 0 Å². The molecule has 0 radical (unpaired) electrons. The smallest absolute Gasteiger partial charge is 0.317 e. The van der Waals surface area contributed by atoms with E-state index in [9.17, 15) is 4.79 Å². The molecule has 126 valence electrons. The summed E-state index contributed by atoms with van der Waals surface area (Å²) in [7, 11) is 2.09. The number of aryl methyl sites for hydroxylation is 1. The summed E-state index contributed by atoms with van der Waals surface area (Å²) in [5, 5.41) is 2.96. The minimum Gasteiger partial charge on any atom is -0.491 e. The van der Waals surface area contributed by atoms with E-state index in [1.54, 1.807) is 0 Å². The molecule has 1 aliphatic carbocycles. The van der Waals surface area contributed by atoms with Crippen molar-refractivity contribution in [2.24, 2.45) is 0 Å². The van der Waals surface area contributed by atoms with Crippen molar-refractivity contribution < 1.29 is 9.53 Å². The van der Waals surface area contributed by atoms with Crippen LogP contribution in [-0.4, -0.2) is 62.2 Å². The number of nitrogens with one attached hydrogen (secondary N) is 1. The van der Waals surface area contributed by atoms with Crippen molar-refractivity contribution in [1.82, 2.24) is 15.1 Å². The molecule has 1 aliphatic heterocycles. The molecular formula is C18H27N3O2. The number of ether oxygens (including phenoxy) is 1. The first-order valence-electron chi connectivity index (χ1n) is 8.69. The zero-order chi connectivity index (χ0) is 16.1. The minimum atomic E-state index is 0.0248. The van der Waals surface area contributed by atoms with Crippen LogP contribution in [0.5, 0.6) is 5.75 Å². The fourth-order valence-corrected chi connectivity index (χ4v) is 3.32. The van der Waals surface area contributed by atoms with E-state index in [2.05, 4.69) is 29.4 Å². The Hall–Kier alpha value is -1.75. The molecule has 0 aromatic heterocycles. The first-order chi connectivity index (χ1) is 11.2. The van der Waals surface area contributed by atoms with Gasteiger partial charge in [0.15, 0.2) is 0 Å². The molecule has 1 fully saturated rings. The van der Waals surface area contributed by atoms with Crippen LogP contribution in [0.15, 0.2) is 18.2 Å². The number of fused-ring (bicyclic) bond motifs is 1. The molecule has 0 atom stereocenters. The molecule has 0 unspecified atom stereocenters. The maximum absolute atomic E-state index is 12.1. The first-order valence-corrected chi connectivity index (χ1v) is 8.69. The number of piperazine rings is 1. The zero-order valence-electron chi connectivity index (χ0n) is 14.0. The van der Waals surface area contributed by atoms with Crippen molar-refractivity contribution in [2.75, 3.05) is 46.4 Å². The quantitative estimate of drug-likeness (QED) is 0.863. The van der Waals surface area contributed by atoms with Gasteiger partial charge in [0.2, 0.25) is 0 Å². The molecule has 3 rings (SSSR count). The molecule has 1 aromatic carbocycles. The van der Waals surface area contributed by atoms with Gasteiger partial charge in [-0.2, -0.15) is 0 Å². The molecule has 0 saturated carbocycles. The third-order valence-corrected chi connectivity index (χ3v) is 4.78. The predicted molar refractivity (Wildman–Crippen MR) is 91.0 cm³/mol. The number of hydrogen-bond acceptors (Lipinski definition) is 3. The molecule has 1 saturated heterocycles. The Morgan fingerprint density at radius 3 is 2.78 bits per heavy atom. The first kappa shape index (κ1) is 16.1. The van der Waals surface area contributed by atoms with E-state index in [-0.39, 0.29) is 6.03 Å². The van der Waals surface area contributed by atoms with Crippen molar-refractivity contribution in [1.29, 1.82) is 0 Å². The van der Waals surface area contributed by atoms with Gasteiger partial charge in [0.1, 0.15) is 12.4 Å². The van der Waals surface area contributed by atoms with Gasteiger partial charge in [0, 0.05) is 26.2 Å². The maximum Gasteiger partial charge on any atom is 0.317 e. The van der Waals surface area contributed by atoms with Crippen molar-refractivity contribution in [2.45, 2.75) is 25.7 Å².